The summed E-state index contributed by atoms with van der Waals surface area (Å²) in [7, 11) is -3.63. The van der Waals surface area contributed by atoms with E-state index in [2.05, 4.69) is 16.0 Å². The maximum Gasteiger partial charge on any atom is 0.416 e. The number of nitrogen functional groups attached to an aromatic ring is 1. The molecule has 1 fully saturated rings. The second kappa shape index (κ2) is 13.3. The zero-order valence-electron chi connectivity index (χ0n) is 22.5. The van der Waals surface area contributed by atoms with Crippen LogP contribution in [0.25, 0.3) is 0 Å². The normalized spacial score (nSPS) is 19.8. The molecule has 8 nitrogen and oxygen atoms in total. The van der Waals surface area contributed by atoms with Gasteiger partial charge >= 0.3 is 6.18 Å². The van der Waals surface area contributed by atoms with Crippen LogP contribution in [0.4, 0.5) is 18.9 Å². The number of hydrogen-bond donors (Lipinski definition) is 4. The summed E-state index contributed by atoms with van der Waals surface area (Å²) in [4.78, 5) is 26.5. The van der Waals surface area contributed by atoms with Crippen molar-refractivity contribution in [3.63, 3.8) is 0 Å². The van der Waals surface area contributed by atoms with Crippen LogP contribution < -0.4 is 21.7 Å². The molecule has 3 atom stereocenters. The van der Waals surface area contributed by atoms with Crippen molar-refractivity contribution in [3.8, 4) is 0 Å². The highest BCUT2D eigenvalue weighted by atomic mass is 32.2. The molecule has 0 saturated heterocycles. The van der Waals surface area contributed by atoms with Crippen molar-refractivity contribution < 1.29 is 31.2 Å². The number of halogens is 3. The first kappa shape index (κ1) is 31.8. The van der Waals surface area contributed by atoms with E-state index in [1.54, 1.807) is 24.3 Å². The lowest BCUT2D eigenvalue weighted by molar-refractivity contribution is -0.137. The minimum Gasteiger partial charge on any atom is -0.398 e. The Morgan fingerprint density at radius 1 is 1.10 bits per heavy atom. The summed E-state index contributed by atoms with van der Waals surface area (Å²) in [6, 6.07) is 8.81. The lowest BCUT2D eigenvalue weighted by atomic mass is 9.82. The van der Waals surface area contributed by atoms with Gasteiger partial charge < -0.3 is 21.7 Å². The van der Waals surface area contributed by atoms with Gasteiger partial charge in [-0.2, -0.15) is 13.2 Å². The van der Waals surface area contributed by atoms with Gasteiger partial charge in [0.05, 0.1) is 28.3 Å². The van der Waals surface area contributed by atoms with Gasteiger partial charge in [0.1, 0.15) is 0 Å². The largest absolute Gasteiger partial charge is 0.416 e. The van der Waals surface area contributed by atoms with Crippen molar-refractivity contribution >= 4 is 39.1 Å². The third-order valence-electron chi connectivity index (χ3n) is 6.80. The predicted octanol–water partition coefficient (Wildman–Crippen LogP) is 3.86. The molecule has 40 heavy (non-hydrogen) atoms. The summed E-state index contributed by atoms with van der Waals surface area (Å²) >= 11 is 1.51. The Bertz CT molecular complexity index is 1300. The number of carbonyl (C=O) groups is 2. The average molecular weight is 601 g/mol. The number of sulfone groups is 1. The smallest absolute Gasteiger partial charge is 0.398 e. The fourth-order valence-electron chi connectivity index (χ4n) is 4.84. The zero-order chi connectivity index (χ0) is 29.7. The first-order valence-electron chi connectivity index (χ1n) is 12.9. The molecule has 0 unspecified atom stereocenters. The van der Waals surface area contributed by atoms with E-state index in [4.69, 9.17) is 5.73 Å². The Morgan fingerprint density at radius 2 is 1.77 bits per heavy atom. The number of benzene rings is 2. The summed E-state index contributed by atoms with van der Waals surface area (Å²) < 4.78 is 65.6. The number of hydrogen-bond acceptors (Lipinski definition) is 7. The number of nitrogens with two attached hydrogens (primary N) is 1. The summed E-state index contributed by atoms with van der Waals surface area (Å²) in [6.07, 6.45) is -0.970. The number of amides is 2. The number of carbonyl (C=O) groups excluding carboxylic acids is 2. The van der Waals surface area contributed by atoms with Crippen LogP contribution in [0.3, 0.4) is 0 Å². The number of thioether (sulfide) groups is 1. The SMILES string of the molecule is CSc1ccc(S(=O)(=O)C[C@@H]2CC[C@@H](NC(C)C)C[C@@H]2NC(=O)CNC(=O)c2cc(C(F)(F)F)ccc2N)cc1. The molecule has 0 heterocycles. The summed E-state index contributed by atoms with van der Waals surface area (Å²) in [5.41, 5.74) is 4.11. The predicted molar refractivity (Wildman–Crippen MR) is 150 cm³/mol. The standard InChI is InChI=1S/C27H35F3N4O4S2/c1-16(2)33-19-6-4-17(15-40(37,38)21-9-7-20(39-3)8-10-21)24(13-19)34-25(35)14-32-26(36)22-12-18(27(28,29)30)5-11-23(22)31/h5,7-12,16-17,19,24,33H,4,6,13-15,31H2,1-3H3,(H,32,36)(H,34,35)/t17-,19+,24-/m0/s1. The van der Waals surface area contributed by atoms with E-state index in [1.165, 1.54) is 11.8 Å². The zero-order valence-corrected chi connectivity index (χ0v) is 24.2. The van der Waals surface area contributed by atoms with E-state index in [9.17, 15) is 31.2 Å². The van der Waals surface area contributed by atoms with Crippen LogP contribution in [0.15, 0.2) is 52.3 Å². The molecule has 0 aromatic heterocycles. The molecular formula is C27H35F3N4O4S2. The van der Waals surface area contributed by atoms with Crippen LogP contribution >= 0.6 is 11.8 Å². The molecule has 5 N–H and O–H groups in total. The summed E-state index contributed by atoms with van der Waals surface area (Å²) in [5.74, 6) is -2.03. The van der Waals surface area contributed by atoms with Gasteiger partial charge in [-0.3, -0.25) is 9.59 Å². The van der Waals surface area contributed by atoms with Gasteiger partial charge in [0.15, 0.2) is 9.84 Å². The van der Waals surface area contributed by atoms with Crippen molar-refractivity contribution in [2.75, 3.05) is 24.3 Å². The molecule has 2 aromatic rings. The maximum atomic E-state index is 13.2. The van der Waals surface area contributed by atoms with Crippen molar-refractivity contribution in [1.29, 1.82) is 0 Å². The molecule has 220 valence electrons. The van der Waals surface area contributed by atoms with Crippen LogP contribution in [0.2, 0.25) is 0 Å². The first-order valence-corrected chi connectivity index (χ1v) is 15.7. The highest BCUT2D eigenvalue weighted by molar-refractivity contribution is 7.98. The number of alkyl halides is 3. The van der Waals surface area contributed by atoms with Crippen LogP contribution in [0.1, 0.15) is 49.0 Å². The third-order valence-corrected chi connectivity index (χ3v) is 9.40. The van der Waals surface area contributed by atoms with Gasteiger partial charge in [-0.25, -0.2) is 8.42 Å². The van der Waals surface area contributed by atoms with Gasteiger partial charge in [0, 0.05) is 28.7 Å². The molecule has 0 radical (unpaired) electrons. The molecule has 13 heteroatoms. The van der Waals surface area contributed by atoms with Crippen LogP contribution in [0.5, 0.6) is 0 Å². The summed E-state index contributed by atoms with van der Waals surface area (Å²) in [5, 5.41) is 8.60. The highest BCUT2D eigenvalue weighted by Crippen LogP contribution is 2.31. The third kappa shape index (κ3) is 8.61. The molecule has 1 aliphatic rings. The molecule has 0 bridgehead atoms. The molecule has 0 spiro atoms. The van der Waals surface area contributed by atoms with Crippen molar-refractivity contribution in [3.05, 3.63) is 53.6 Å². The van der Waals surface area contributed by atoms with E-state index in [0.29, 0.717) is 18.9 Å². The van der Waals surface area contributed by atoms with Gasteiger partial charge in [-0.1, -0.05) is 13.8 Å². The number of rotatable bonds is 10. The quantitative estimate of drug-likeness (QED) is 0.241. The Hall–Kier alpha value is -2.77. The number of anilines is 1. The lowest BCUT2D eigenvalue weighted by Crippen LogP contribution is -2.53. The van der Waals surface area contributed by atoms with E-state index >= 15 is 0 Å². The van der Waals surface area contributed by atoms with Crippen LogP contribution in [0, 0.1) is 5.92 Å². The maximum absolute atomic E-state index is 13.2. The highest BCUT2D eigenvalue weighted by Gasteiger charge is 2.35. The molecule has 1 aliphatic carbocycles. The van der Waals surface area contributed by atoms with E-state index < -0.39 is 51.5 Å². The van der Waals surface area contributed by atoms with Crippen LogP contribution in [-0.2, 0) is 20.8 Å². The Balaban J connectivity index is 1.70. The van der Waals surface area contributed by atoms with E-state index in [-0.39, 0.29) is 34.3 Å². The van der Waals surface area contributed by atoms with Gasteiger partial charge in [0.25, 0.3) is 5.91 Å². The summed E-state index contributed by atoms with van der Waals surface area (Å²) in [6.45, 7) is 3.48. The fraction of sp³-hybridized carbons (Fsp3) is 0.481. The Kier molecular flexibility index (Phi) is 10.5. The van der Waals surface area contributed by atoms with E-state index in [0.717, 1.165) is 23.4 Å². The van der Waals surface area contributed by atoms with Crippen LogP contribution in [-0.4, -0.2) is 56.9 Å². The second-order valence-electron chi connectivity index (χ2n) is 10.2. The minimum atomic E-state index is -4.66. The molecule has 0 aliphatic heterocycles. The number of nitrogens with one attached hydrogen (secondary N) is 3. The lowest BCUT2D eigenvalue weighted by Gasteiger charge is -2.37. The molecule has 2 amide bonds. The first-order chi connectivity index (χ1) is 18.7. The average Bonchev–Trinajstić information content (AvgIpc) is 2.88. The topological polar surface area (TPSA) is 130 Å². The monoisotopic (exact) mass is 600 g/mol. The minimum absolute atomic E-state index is 0.0598. The van der Waals surface area contributed by atoms with Crippen molar-refractivity contribution in [2.24, 2.45) is 5.92 Å². The van der Waals surface area contributed by atoms with Gasteiger partial charge in [0.2, 0.25) is 5.91 Å². The molecular weight excluding hydrogens is 565 g/mol. The van der Waals surface area contributed by atoms with E-state index in [1.807, 2.05) is 20.1 Å². The van der Waals surface area contributed by atoms with Crippen molar-refractivity contribution in [1.82, 2.24) is 16.0 Å². The molecule has 3 rings (SSSR count). The molecule has 2 aromatic carbocycles. The Morgan fingerprint density at radius 3 is 2.38 bits per heavy atom. The molecule has 1 saturated carbocycles. The Labute approximate surface area is 237 Å². The van der Waals surface area contributed by atoms with Gasteiger partial charge in [-0.05, 0) is 73.9 Å². The van der Waals surface area contributed by atoms with Crippen molar-refractivity contribution in [2.45, 2.75) is 67.2 Å². The fourth-order valence-corrected chi connectivity index (χ4v) is 6.95. The second-order valence-corrected chi connectivity index (χ2v) is 13.1. The van der Waals surface area contributed by atoms with Gasteiger partial charge in [-0.15, -0.1) is 11.8 Å².